The Balaban J connectivity index is 1.31. The zero-order valence-corrected chi connectivity index (χ0v) is 18.8. The third-order valence-electron chi connectivity index (χ3n) is 6.40. The van der Waals surface area contributed by atoms with Gasteiger partial charge in [0.2, 0.25) is 0 Å². The number of anilines is 1. The molecule has 1 saturated heterocycles. The number of rotatable bonds is 8. The summed E-state index contributed by atoms with van der Waals surface area (Å²) in [5.41, 5.74) is 13.0. The van der Waals surface area contributed by atoms with Crippen molar-refractivity contribution in [1.82, 2.24) is 20.2 Å². The zero-order chi connectivity index (χ0) is 22.6. The van der Waals surface area contributed by atoms with Crippen LogP contribution in [0.25, 0.3) is 22.0 Å². The Kier molecular flexibility index (Phi) is 6.19. The van der Waals surface area contributed by atoms with E-state index < -0.39 is 0 Å². The Bertz CT molecular complexity index is 1250. The maximum absolute atomic E-state index is 8.83. The van der Waals surface area contributed by atoms with Gasteiger partial charge in [-0.3, -0.25) is 10.4 Å². The molecule has 6 heteroatoms. The van der Waals surface area contributed by atoms with Gasteiger partial charge in [0, 0.05) is 59.7 Å². The third-order valence-corrected chi connectivity index (χ3v) is 6.40. The second-order valence-electron chi connectivity index (χ2n) is 8.75. The first-order chi connectivity index (χ1) is 16.2. The SMILES string of the molecule is N=C(c1cc2cc(CNCCN3CCCC3)ccc2[nH]1)c1cc(-c2cccnc2)ccc1N. The minimum atomic E-state index is 0.389. The van der Waals surface area contributed by atoms with Gasteiger partial charge in [0.15, 0.2) is 0 Å². The van der Waals surface area contributed by atoms with Crippen LogP contribution in [-0.2, 0) is 6.54 Å². The molecule has 0 unspecified atom stereocenters. The van der Waals surface area contributed by atoms with Crippen molar-refractivity contribution in [1.29, 1.82) is 5.41 Å². The normalized spacial score (nSPS) is 14.2. The molecule has 6 nitrogen and oxygen atoms in total. The van der Waals surface area contributed by atoms with E-state index in [1.165, 1.54) is 31.5 Å². The van der Waals surface area contributed by atoms with Crippen LogP contribution in [0.3, 0.4) is 0 Å². The molecule has 0 aliphatic carbocycles. The molecule has 0 radical (unpaired) electrons. The molecule has 1 fully saturated rings. The number of H-pyrrole nitrogens is 1. The molecule has 5 N–H and O–H groups in total. The molecule has 2 aromatic heterocycles. The number of benzene rings is 2. The largest absolute Gasteiger partial charge is 0.398 e. The maximum Gasteiger partial charge on any atom is 0.0868 e. The average molecular weight is 439 g/mol. The Morgan fingerprint density at radius 2 is 1.94 bits per heavy atom. The molecule has 4 aromatic rings. The van der Waals surface area contributed by atoms with Crippen LogP contribution in [0, 0.1) is 5.41 Å². The third kappa shape index (κ3) is 4.82. The van der Waals surface area contributed by atoms with E-state index in [1.54, 1.807) is 6.20 Å². The Morgan fingerprint density at radius 1 is 1.06 bits per heavy atom. The fourth-order valence-corrected chi connectivity index (χ4v) is 4.53. The van der Waals surface area contributed by atoms with E-state index in [9.17, 15) is 0 Å². The summed E-state index contributed by atoms with van der Waals surface area (Å²) in [6.07, 6.45) is 6.25. The van der Waals surface area contributed by atoms with Crippen LogP contribution in [0.1, 0.15) is 29.7 Å². The highest BCUT2D eigenvalue weighted by atomic mass is 15.1. The van der Waals surface area contributed by atoms with Gasteiger partial charge in [-0.2, -0.15) is 0 Å². The molecule has 0 bridgehead atoms. The van der Waals surface area contributed by atoms with Crippen molar-refractivity contribution < 1.29 is 0 Å². The van der Waals surface area contributed by atoms with Gasteiger partial charge in [-0.05, 0) is 73.5 Å². The molecular weight excluding hydrogens is 408 g/mol. The molecule has 1 aliphatic rings. The molecule has 33 heavy (non-hydrogen) atoms. The summed E-state index contributed by atoms with van der Waals surface area (Å²) in [5, 5.41) is 13.5. The molecule has 0 saturated carbocycles. The number of nitrogens with two attached hydrogens (primary N) is 1. The van der Waals surface area contributed by atoms with Crippen LogP contribution in [0.2, 0.25) is 0 Å². The highest BCUT2D eigenvalue weighted by Gasteiger charge is 2.14. The van der Waals surface area contributed by atoms with Crippen molar-refractivity contribution in [3.8, 4) is 11.1 Å². The van der Waals surface area contributed by atoms with Crippen molar-refractivity contribution in [2.75, 3.05) is 31.9 Å². The van der Waals surface area contributed by atoms with Gasteiger partial charge in [0.1, 0.15) is 0 Å². The van der Waals surface area contributed by atoms with Crippen LogP contribution < -0.4 is 11.1 Å². The van der Waals surface area contributed by atoms with Gasteiger partial charge in [0.05, 0.1) is 11.4 Å². The highest BCUT2D eigenvalue weighted by Crippen LogP contribution is 2.26. The number of likely N-dealkylation sites (tertiary alicyclic amines) is 1. The lowest BCUT2D eigenvalue weighted by molar-refractivity contribution is 0.335. The number of hydrogen-bond acceptors (Lipinski definition) is 5. The zero-order valence-electron chi connectivity index (χ0n) is 18.8. The number of nitrogen functional groups attached to an aromatic ring is 1. The van der Waals surface area contributed by atoms with Gasteiger partial charge in [-0.15, -0.1) is 0 Å². The molecule has 0 atom stereocenters. The summed E-state index contributed by atoms with van der Waals surface area (Å²) in [7, 11) is 0. The minimum Gasteiger partial charge on any atom is -0.398 e. The van der Waals surface area contributed by atoms with Crippen LogP contribution >= 0.6 is 0 Å². The Hall–Kier alpha value is -3.48. The van der Waals surface area contributed by atoms with Crippen LogP contribution in [0.4, 0.5) is 5.69 Å². The summed E-state index contributed by atoms with van der Waals surface area (Å²) in [6.45, 7) is 5.45. The Morgan fingerprint density at radius 3 is 2.76 bits per heavy atom. The highest BCUT2D eigenvalue weighted by molar-refractivity contribution is 6.15. The summed E-state index contributed by atoms with van der Waals surface area (Å²) in [6, 6.07) is 18.2. The van der Waals surface area contributed by atoms with E-state index in [4.69, 9.17) is 11.1 Å². The van der Waals surface area contributed by atoms with E-state index in [2.05, 4.69) is 38.4 Å². The number of nitrogens with one attached hydrogen (secondary N) is 3. The molecule has 2 aromatic carbocycles. The molecule has 0 spiro atoms. The lowest BCUT2D eigenvalue weighted by Crippen LogP contribution is -2.29. The van der Waals surface area contributed by atoms with Crippen molar-refractivity contribution in [2.45, 2.75) is 19.4 Å². The molecule has 0 amide bonds. The number of pyridine rings is 1. The van der Waals surface area contributed by atoms with Gasteiger partial charge in [-0.1, -0.05) is 18.2 Å². The van der Waals surface area contributed by atoms with Gasteiger partial charge in [0.25, 0.3) is 0 Å². The summed E-state index contributed by atoms with van der Waals surface area (Å²) < 4.78 is 0. The lowest BCUT2D eigenvalue weighted by Gasteiger charge is -2.14. The lowest BCUT2D eigenvalue weighted by atomic mass is 9.99. The second kappa shape index (κ2) is 9.57. The quantitative estimate of drug-likeness (QED) is 0.186. The van der Waals surface area contributed by atoms with Crippen molar-refractivity contribution in [2.24, 2.45) is 0 Å². The second-order valence-corrected chi connectivity index (χ2v) is 8.75. The van der Waals surface area contributed by atoms with Crippen molar-refractivity contribution >= 4 is 22.3 Å². The summed E-state index contributed by atoms with van der Waals surface area (Å²) in [4.78, 5) is 10.1. The first kappa shape index (κ1) is 21.4. The summed E-state index contributed by atoms with van der Waals surface area (Å²) in [5.74, 6) is 0. The Labute approximate surface area is 194 Å². The molecule has 3 heterocycles. The fraction of sp³-hybridized carbons (Fsp3) is 0.259. The van der Waals surface area contributed by atoms with E-state index in [0.29, 0.717) is 17.0 Å². The van der Waals surface area contributed by atoms with Crippen LogP contribution in [-0.4, -0.2) is 46.8 Å². The standard InChI is InChI=1S/C27H30N6/c28-24-7-6-20(21-4-3-9-30-18-21)15-23(24)27(29)26-16-22-14-19(5-8-25(22)32-26)17-31-10-13-33-11-1-2-12-33/h3-9,14-16,18,29,31-32H,1-2,10-13,17,28H2. The number of fused-ring (bicyclic) bond motifs is 1. The summed E-state index contributed by atoms with van der Waals surface area (Å²) >= 11 is 0. The van der Waals surface area contributed by atoms with E-state index in [-0.39, 0.29) is 0 Å². The van der Waals surface area contributed by atoms with E-state index in [0.717, 1.165) is 47.4 Å². The number of aromatic amines is 1. The number of hydrogen-bond donors (Lipinski definition) is 4. The predicted octanol–water partition coefficient (Wildman–Crippen LogP) is 4.41. The molecular formula is C27H30N6. The first-order valence-corrected chi connectivity index (χ1v) is 11.6. The first-order valence-electron chi connectivity index (χ1n) is 11.6. The van der Waals surface area contributed by atoms with Crippen molar-refractivity contribution in [3.63, 3.8) is 0 Å². The molecule has 168 valence electrons. The topological polar surface area (TPSA) is 93.8 Å². The van der Waals surface area contributed by atoms with E-state index >= 15 is 0 Å². The predicted molar refractivity (Wildman–Crippen MR) is 136 cm³/mol. The van der Waals surface area contributed by atoms with Crippen LogP contribution in [0.15, 0.2) is 67.0 Å². The monoisotopic (exact) mass is 438 g/mol. The van der Waals surface area contributed by atoms with Gasteiger partial charge in [-0.25, -0.2) is 0 Å². The fourth-order valence-electron chi connectivity index (χ4n) is 4.53. The number of nitrogens with zero attached hydrogens (tertiary/aromatic N) is 2. The van der Waals surface area contributed by atoms with Gasteiger partial charge < -0.3 is 20.9 Å². The average Bonchev–Trinajstić information content (AvgIpc) is 3.52. The molecule has 1 aliphatic heterocycles. The van der Waals surface area contributed by atoms with Crippen molar-refractivity contribution in [3.05, 3.63) is 83.8 Å². The smallest absolute Gasteiger partial charge is 0.0868 e. The number of aromatic nitrogens is 2. The molecule has 5 rings (SSSR count). The van der Waals surface area contributed by atoms with E-state index in [1.807, 2.05) is 42.6 Å². The van der Waals surface area contributed by atoms with Crippen LogP contribution in [0.5, 0.6) is 0 Å². The maximum atomic E-state index is 8.83. The minimum absolute atomic E-state index is 0.389. The van der Waals surface area contributed by atoms with Gasteiger partial charge >= 0.3 is 0 Å².